The van der Waals surface area contributed by atoms with Crippen LogP contribution in [0.5, 0.6) is 0 Å². The van der Waals surface area contributed by atoms with Gasteiger partial charge in [0.25, 0.3) is 5.22 Å². The lowest BCUT2D eigenvalue weighted by Gasteiger charge is -2.59. The molecule has 1 aromatic heterocycles. The molecule has 1 amide bonds. The minimum atomic E-state index is 0.0638. The third-order valence-electron chi connectivity index (χ3n) is 7.49. The van der Waals surface area contributed by atoms with Crippen molar-refractivity contribution in [2.75, 3.05) is 5.75 Å². The van der Waals surface area contributed by atoms with Crippen LogP contribution < -0.4 is 5.32 Å². The molecule has 0 unspecified atom stereocenters. The van der Waals surface area contributed by atoms with Crippen molar-refractivity contribution in [2.45, 2.75) is 63.6 Å². The van der Waals surface area contributed by atoms with Gasteiger partial charge in [-0.15, -0.1) is 10.2 Å². The van der Waals surface area contributed by atoms with E-state index in [0.717, 1.165) is 28.9 Å². The van der Waals surface area contributed by atoms with Gasteiger partial charge in [-0.3, -0.25) is 4.79 Å². The molecule has 5 nitrogen and oxygen atoms in total. The molecule has 0 saturated heterocycles. The Labute approximate surface area is 176 Å². The first-order valence-corrected chi connectivity index (χ1v) is 11.8. The quantitative estimate of drug-likeness (QED) is 0.688. The second kappa shape index (κ2) is 7.46. The highest BCUT2D eigenvalue weighted by Crippen LogP contribution is 2.61. The van der Waals surface area contributed by atoms with Crippen LogP contribution in [-0.2, 0) is 4.79 Å². The van der Waals surface area contributed by atoms with Crippen LogP contribution in [0, 0.1) is 30.1 Å². The van der Waals surface area contributed by atoms with Gasteiger partial charge in [-0.1, -0.05) is 30.0 Å². The molecule has 154 valence electrons. The molecule has 1 atom stereocenters. The zero-order chi connectivity index (χ0) is 20.0. The molecule has 0 spiro atoms. The summed E-state index contributed by atoms with van der Waals surface area (Å²) in [5.41, 5.74) is 2.36. The lowest BCUT2D eigenvalue weighted by atomic mass is 9.48. The van der Waals surface area contributed by atoms with Gasteiger partial charge in [0.05, 0.1) is 5.75 Å². The SMILES string of the molecule is Cc1ccccc1-c1nnc(SCC(=O)N[C@H](C)C23CC4CC(CC(C4)C2)C3)o1. The van der Waals surface area contributed by atoms with E-state index in [2.05, 4.69) is 22.4 Å². The van der Waals surface area contributed by atoms with E-state index in [9.17, 15) is 4.79 Å². The fourth-order valence-corrected chi connectivity index (χ4v) is 7.04. The summed E-state index contributed by atoms with van der Waals surface area (Å²) < 4.78 is 5.77. The summed E-state index contributed by atoms with van der Waals surface area (Å²) >= 11 is 1.32. The molecule has 29 heavy (non-hydrogen) atoms. The average Bonchev–Trinajstić information content (AvgIpc) is 3.14. The molecule has 2 aromatic rings. The fraction of sp³-hybridized carbons (Fsp3) is 0.609. The third-order valence-corrected chi connectivity index (χ3v) is 8.31. The minimum absolute atomic E-state index is 0.0638. The van der Waals surface area contributed by atoms with Gasteiger partial charge in [-0.05, 0) is 87.2 Å². The molecular formula is C23H29N3O2S. The molecular weight excluding hydrogens is 382 g/mol. The van der Waals surface area contributed by atoms with Crippen molar-refractivity contribution in [3.05, 3.63) is 29.8 Å². The van der Waals surface area contributed by atoms with Gasteiger partial charge in [-0.2, -0.15) is 0 Å². The Bertz CT molecular complexity index is 874. The summed E-state index contributed by atoms with van der Waals surface area (Å²) in [6, 6.07) is 8.18. The van der Waals surface area contributed by atoms with E-state index in [1.807, 2.05) is 31.2 Å². The van der Waals surface area contributed by atoms with Crippen molar-refractivity contribution in [2.24, 2.45) is 23.2 Å². The van der Waals surface area contributed by atoms with Crippen molar-refractivity contribution >= 4 is 17.7 Å². The lowest BCUT2D eigenvalue weighted by Crippen LogP contribution is -2.56. The molecule has 6 heteroatoms. The van der Waals surface area contributed by atoms with Crippen molar-refractivity contribution < 1.29 is 9.21 Å². The zero-order valence-corrected chi connectivity index (χ0v) is 18.0. The first-order chi connectivity index (χ1) is 14.0. The summed E-state index contributed by atoms with van der Waals surface area (Å²) in [7, 11) is 0. The zero-order valence-electron chi connectivity index (χ0n) is 17.2. The van der Waals surface area contributed by atoms with E-state index >= 15 is 0 Å². The molecule has 0 aliphatic heterocycles. The molecule has 4 fully saturated rings. The van der Waals surface area contributed by atoms with Gasteiger partial charge in [0, 0.05) is 11.6 Å². The maximum absolute atomic E-state index is 12.6. The Balaban J connectivity index is 1.17. The van der Waals surface area contributed by atoms with E-state index < -0.39 is 0 Å². The molecule has 1 aromatic carbocycles. The smallest absolute Gasteiger partial charge is 0.277 e. The average molecular weight is 412 g/mol. The van der Waals surface area contributed by atoms with Crippen LogP contribution in [-0.4, -0.2) is 27.9 Å². The summed E-state index contributed by atoms with van der Waals surface area (Å²) in [5, 5.41) is 12.0. The molecule has 6 rings (SSSR count). The highest BCUT2D eigenvalue weighted by atomic mass is 32.2. The van der Waals surface area contributed by atoms with E-state index in [0.29, 0.717) is 22.3 Å². The van der Waals surface area contributed by atoms with Crippen molar-refractivity contribution in [3.8, 4) is 11.5 Å². The normalized spacial score (nSPS) is 31.0. The van der Waals surface area contributed by atoms with E-state index in [-0.39, 0.29) is 11.9 Å². The Hall–Kier alpha value is -1.82. The van der Waals surface area contributed by atoms with E-state index in [1.54, 1.807) is 0 Å². The molecule has 4 bridgehead atoms. The van der Waals surface area contributed by atoms with Crippen LogP contribution >= 0.6 is 11.8 Å². The summed E-state index contributed by atoms with van der Waals surface area (Å²) in [6.45, 7) is 4.24. The second-order valence-electron chi connectivity index (χ2n) is 9.55. The van der Waals surface area contributed by atoms with Crippen LogP contribution in [0.15, 0.2) is 33.9 Å². The first kappa shape index (κ1) is 19.2. The molecule has 1 N–H and O–H groups in total. The van der Waals surface area contributed by atoms with Gasteiger partial charge in [0.1, 0.15) is 0 Å². The monoisotopic (exact) mass is 411 g/mol. The van der Waals surface area contributed by atoms with Gasteiger partial charge in [-0.25, -0.2) is 0 Å². The Morgan fingerprint density at radius 3 is 2.48 bits per heavy atom. The van der Waals surface area contributed by atoms with Gasteiger partial charge >= 0.3 is 0 Å². The predicted octanol–water partition coefficient (Wildman–Crippen LogP) is 4.86. The molecule has 1 heterocycles. The maximum atomic E-state index is 12.6. The summed E-state index contributed by atoms with van der Waals surface area (Å²) in [6.07, 6.45) is 8.19. The number of carbonyl (C=O) groups is 1. The minimum Gasteiger partial charge on any atom is -0.411 e. The van der Waals surface area contributed by atoms with Crippen LogP contribution in [0.1, 0.15) is 51.0 Å². The third kappa shape index (κ3) is 3.72. The number of carbonyl (C=O) groups excluding carboxylic acids is 1. The molecule has 4 aliphatic carbocycles. The van der Waals surface area contributed by atoms with Gasteiger partial charge in [0.2, 0.25) is 11.8 Å². The van der Waals surface area contributed by atoms with E-state index in [1.165, 1.54) is 50.3 Å². The number of thioether (sulfide) groups is 1. The number of amides is 1. The van der Waals surface area contributed by atoms with Gasteiger partial charge in [0.15, 0.2) is 0 Å². The van der Waals surface area contributed by atoms with Crippen molar-refractivity contribution in [3.63, 3.8) is 0 Å². The molecule has 4 aliphatic rings. The molecule has 0 radical (unpaired) electrons. The highest BCUT2D eigenvalue weighted by molar-refractivity contribution is 7.99. The number of hydrogen-bond donors (Lipinski definition) is 1. The second-order valence-corrected chi connectivity index (χ2v) is 10.5. The summed E-state index contributed by atoms with van der Waals surface area (Å²) in [5.74, 6) is 3.57. The van der Waals surface area contributed by atoms with E-state index in [4.69, 9.17) is 4.42 Å². The molecule has 4 saturated carbocycles. The van der Waals surface area contributed by atoms with Crippen LogP contribution in [0.4, 0.5) is 0 Å². The highest BCUT2D eigenvalue weighted by Gasteiger charge is 2.53. The Morgan fingerprint density at radius 1 is 1.17 bits per heavy atom. The summed E-state index contributed by atoms with van der Waals surface area (Å²) in [4.78, 5) is 12.6. The topological polar surface area (TPSA) is 68.0 Å². The van der Waals surface area contributed by atoms with Gasteiger partial charge < -0.3 is 9.73 Å². The maximum Gasteiger partial charge on any atom is 0.277 e. The Kier molecular flexibility index (Phi) is 4.93. The standard InChI is InChI=1S/C23H29N3O2S/c1-14-5-3-4-6-19(14)21-25-26-22(28-21)29-13-20(27)24-15(2)23-10-16-7-17(11-23)9-18(8-16)12-23/h3-6,15-18H,7-13H2,1-2H3,(H,24,27)/t15-,16?,17?,18?,23?/m1/s1. The largest absolute Gasteiger partial charge is 0.411 e. The number of nitrogens with one attached hydrogen (secondary N) is 1. The van der Waals surface area contributed by atoms with Crippen LogP contribution in [0.25, 0.3) is 11.5 Å². The number of hydrogen-bond acceptors (Lipinski definition) is 5. The van der Waals surface area contributed by atoms with Crippen LogP contribution in [0.3, 0.4) is 0 Å². The van der Waals surface area contributed by atoms with Crippen molar-refractivity contribution in [1.82, 2.24) is 15.5 Å². The first-order valence-electron chi connectivity index (χ1n) is 10.8. The lowest BCUT2D eigenvalue weighted by molar-refractivity contribution is -0.123. The Morgan fingerprint density at radius 2 is 1.83 bits per heavy atom. The fourth-order valence-electron chi connectivity index (χ4n) is 6.46. The number of aromatic nitrogens is 2. The number of rotatable bonds is 6. The number of nitrogens with zero attached hydrogens (tertiary/aromatic N) is 2. The van der Waals surface area contributed by atoms with Crippen molar-refractivity contribution in [1.29, 1.82) is 0 Å². The van der Waals surface area contributed by atoms with Crippen LogP contribution in [0.2, 0.25) is 0 Å². The predicted molar refractivity (Wildman–Crippen MR) is 113 cm³/mol. The number of benzene rings is 1. The number of aryl methyl sites for hydroxylation is 1.